The highest BCUT2D eigenvalue weighted by molar-refractivity contribution is 6.03. The molecular formula is C16H18N2O2. The van der Waals surface area contributed by atoms with E-state index in [1.807, 2.05) is 30.3 Å². The lowest BCUT2D eigenvalue weighted by Gasteiger charge is -2.23. The van der Waals surface area contributed by atoms with Crippen molar-refractivity contribution in [1.29, 1.82) is 0 Å². The molecule has 0 bridgehead atoms. The van der Waals surface area contributed by atoms with E-state index >= 15 is 0 Å². The third-order valence-electron chi connectivity index (χ3n) is 3.82. The Labute approximate surface area is 117 Å². The molecule has 1 aliphatic heterocycles. The molecule has 0 aromatic heterocycles. The first-order valence-corrected chi connectivity index (χ1v) is 6.98. The minimum Gasteiger partial charge on any atom is -0.506 e. The fraction of sp³-hybridized carbons (Fsp3) is 0.312. The lowest BCUT2D eigenvalue weighted by Crippen LogP contribution is -2.42. The SMILES string of the molecule is O=C(NC1CCNCC1)c1ccc2ccccc2c1O. The maximum atomic E-state index is 12.3. The summed E-state index contributed by atoms with van der Waals surface area (Å²) in [6.45, 7) is 1.85. The number of piperidine rings is 1. The van der Waals surface area contributed by atoms with E-state index in [4.69, 9.17) is 0 Å². The Morgan fingerprint density at radius 2 is 1.90 bits per heavy atom. The zero-order valence-electron chi connectivity index (χ0n) is 11.2. The van der Waals surface area contributed by atoms with Crippen molar-refractivity contribution in [3.05, 3.63) is 42.0 Å². The zero-order chi connectivity index (χ0) is 13.9. The molecule has 2 aromatic rings. The second-order valence-electron chi connectivity index (χ2n) is 5.18. The molecule has 1 saturated heterocycles. The highest BCUT2D eigenvalue weighted by Gasteiger charge is 2.19. The summed E-state index contributed by atoms with van der Waals surface area (Å²) in [6.07, 6.45) is 1.86. The molecule has 4 heteroatoms. The van der Waals surface area contributed by atoms with Crippen LogP contribution < -0.4 is 10.6 Å². The Morgan fingerprint density at radius 1 is 1.15 bits per heavy atom. The van der Waals surface area contributed by atoms with Gasteiger partial charge in [0.1, 0.15) is 5.75 Å². The third kappa shape index (κ3) is 2.47. The fourth-order valence-electron chi connectivity index (χ4n) is 2.67. The van der Waals surface area contributed by atoms with Crippen LogP contribution in [0.5, 0.6) is 5.75 Å². The number of carbonyl (C=O) groups excluding carboxylic acids is 1. The molecule has 2 aromatic carbocycles. The van der Waals surface area contributed by atoms with Crippen molar-refractivity contribution < 1.29 is 9.90 Å². The lowest BCUT2D eigenvalue weighted by molar-refractivity contribution is 0.0927. The van der Waals surface area contributed by atoms with Gasteiger partial charge in [0.05, 0.1) is 5.56 Å². The average molecular weight is 270 g/mol. The number of hydrogen-bond acceptors (Lipinski definition) is 3. The molecule has 3 rings (SSSR count). The van der Waals surface area contributed by atoms with E-state index in [0.717, 1.165) is 31.3 Å². The molecule has 0 saturated carbocycles. The summed E-state index contributed by atoms with van der Waals surface area (Å²) in [5.74, 6) is -0.130. The van der Waals surface area contributed by atoms with Gasteiger partial charge in [-0.15, -0.1) is 0 Å². The van der Waals surface area contributed by atoms with E-state index in [9.17, 15) is 9.90 Å². The summed E-state index contributed by atoms with van der Waals surface area (Å²) in [6, 6.07) is 11.3. The Bertz CT molecular complexity index is 633. The van der Waals surface area contributed by atoms with Crippen LogP contribution in [-0.4, -0.2) is 30.1 Å². The van der Waals surface area contributed by atoms with Crippen molar-refractivity contribution in [2.45, 2.75) is 18.9 Å². The quantitative estimate of drug-likeness (QED) is 0.782. The summed E-state index contributed by atoms with van der Waals surface area (Å²) in [7, 11) is 0. The molecule has 0 spiro atoms. The third-order valence-corrected chi connectivity index (χ3v) is 3.82. The van der Waals surface area contributed by atoms with Crippen LogP contribution in [0.15, 0.2) is 36.4 Å². The number of nitrogens with one attached hydrogen (secondary N) is 2. The van der Waals surface area contributed by atoms with Gasteiger partial charge in [-0.1, -0.05) is 30.3 Å². The van der Waals surface area contributed by atoms with Crippen LogP contribution in [0, 0.1) is 0 Å². The number of amides is 1. The number of phenols is 1. The van der Waals surface area contributed by atoms with Gasteiger partial charge in [0.2, 0.25) is 0 Å². The molecule has 1 heterocycles. The zero-order valence-corrected chi connectivity index (χ0v) is 11.2. The molecule has 1 fully saturated rings. The highest BCUT2D eigenvalue weighted by atomic mass is 16.3. The minimum absolute atomic E-state index is 0.0644. The van der Waals surface area contributed by atoms with Gasteiger partial charge in [0.15, 0.2) is 0 Å². The van der Waals surface area contributed by atoms with Gasteiger partial charge in [-0.2, -0.15) is 0 Å². The Kier molecular flexibility index (Phi) is 3.56. The molecule has 3 N–H and O–H groups in total. The van der Waals surface area contributed by atoms with E-state index in [0.29, 0.717) is 10.9 Å². The first-order valence-electron chi connectivity index (χ1n) is 6.98. The van der Waals surface area contributed by atoms with Gasteiger partial charge < -0.3 is 15.7 Å². The normalized spacial score (nSPS) is 16.2. The van der Waals surface area contributed by atoms with E-state index in [-0.39, 0.29) is 17.7 Å². The van der Waals surface area contributed by atoms with Crippen molar-refractivity contribution in [3.8, 4) is 5.75 Å². The molecule has 0 atom stereocenters. The number of hydrogen-bond donors (Lipinski definition) is 3. The van der Waals surface area contributed by atoms with Gasteiger partial charge in [-0.3, -0.25) is 4.79 Å². The van der Waals surface area contributed by atoms with Crippen LogP contribution >= 0.6 is 0 Å². The Hall–Kier alpha value is -2.07. The van der Waals surface area contributed by atoms with E-state index in [1.54, 1.807) is 6.07 Å². The molecule has 20 heavy (non-hydrogen) atoms. The van der Waals surface area contributed by atoms with Crippen LogP contribution in [-0.2, 0) is 0 Å². The maximum Gasteiger partial charge on any atom is 0.255 e. The van der Waals surface area contributed by atoms with Crippen LogP contribution in [0.2, 0.25) is 0 Å². The van der Waals surface area contributed by atoms with Crippen LogP contribution in [0.4, 0.5) is 0 Å². The van der Waals surface area contributed by atoms with Crippen molar-refractivity contribution in [3.63, 3.8) is 0 Å². The largest absolute Gasteiger partial charge is 0.506 e. The van der Waals surface area contributed by atoms with E-state index in [2.05, 4.69) is 10.6 Å². The smallest absolute Gasteiger partial charge is 0.255 e. The number of carbonyl (C=O) groups is 1. The lowest BCUT2D eigenvalue weighted by atomic mass is 10.0. The predicted octanol–water partition coefficient (Wildman–Crippen LogP) is 2.03. The first-order chi connectivity index (χ1) is 9.75. The van der Waals surface area contributed by atoms with Crippen molar-refractivity contribution >= 4 is 16.7 Å². The topological polar surface area (TPSA) is 61.4 Å². The number of fused-ring (bicyclic) bond motifs is 1. The van der Waals surface area contributed by atoms with Gasteiger partial charge >= 0.3 is 0 Å². The number of rotatable bonds is 2. The Balaban J connectivity index is 1.85. The van der Waals surface area contributed by atoms with Crippen molar-refractivity contribution in [2.24, 2.45) is 0 Å². The second kappa shape index (κ2) is 5.51. The summed E-state index contributed by atoms with van der Waals surface area (Å²) in [5, 5.41) is 18.2. The van der Waals surface area contributed by atoms with E-state index < -0.39 is 0 Å². The summed E-state index contributed by atoms with van der Waals surface area (Å²) in [4.78, 5) is 12.3. The maximum absolute atomic E-state index is 12.3. The van der Waals surface area contributed by atoms with Crippen molar-refractivity contribution in [1.82, 2.24) is 10.6 Å². The molecule has 1 amide bonds. The Morgan fingerprint density at radius 3 is 2.70 bits per heavy atom. The van der Waals surface area contributed by atoms with Gasteiger partial charge in [-0.25, -0.2) is 0 Å². The van der Waals surface area contributed by atoms with Crippen LogP contribution in [0.25, 0.3) is 10.8 Å². The summed E-state index contributed by atoms with van der Waals surface area (Å²) >= 11 is 0. The fourth-order valence-corrected chi connectivity index (χ4v) is 2.67. The molecule has 0 unspecified atom stereocenters. The average Bonchev–Trinajstić information content (AvgIpc) is 2.49. The predicted molar refractivity (Wildman–Crippen MR) is 79.0 cm³/mol. The molecule has 0 radical (unpaired) electrons. The van der Waals surface area contributed by atoms with Crippen LogP contribution in [0.1, 0.15) is 23.2 Å². The molecule has 4 nitrogen and oxygen atoms in total. The standard InChI is InChI=1S/C16H18N2O2/c19-15-13-4-2-1-3-11(13)5-6-14(15)16(20)18-12-7-9-17-10-8-12/h1-6,12,17,19H,7-10H2,(H,18,20). The first kappa shape index (κ1) is 12.9. The van der Waals surface area contributed by atoms with Gasteiger partial charge in [-0.05, 0) is 37.4 Å². The second-order valence-corrected chi connectivity index (χ2v) is 5.18. The van der Waals surface area contributed by atoms with Crippen LogP contribution in [0.3, 0.4) is 0 Å². The number of aromatic hydroxyl groups is 1. The highest BCUT2D eigenvalue weighted by Crippen LogP contribution is 2.28. The van der Waals surface area contributed by atoms with Gasteiger partial charge in [0, 0.05) is 11.4 Å². The van der Waals surface area contributed by atoms with Gasteiger partial charge in [0.25, 0.3) is 5.91 Å². The summed E-state index contributed by atoms with van der Waals surface area (Å²) in [5.41, 5.74) is 0.349. The summed E-state index contributed by atoms with van der Waals surface area (Å²) < 4.78 is 0. The van der Waals surface area contributed by atoms with Crippen molar-refractivity contribution in [2.75, 3.05) is 13.1 Å². The molecule has 104 valence electrons. The monoisotopic (exact) mass is 270 g/mol. The number of benzene rings is 2. The molecular weight excluding hydrogens is 252 g/mol. The number of phenolic OH excluding ortho intramolecular Hbond substituents is 1. The van der Waals surface area contributed by atoms with E-state index in [1.165, 1.54) is 0 Å². The minimum atomic E-state index is -0.194. The molecule has 1 aliphatic rings. The molecule has 0 aliphatic carbocycles.